The van der Waals surface area contributed by atoms with E-state index < -0.39 is 56.4 Å². The summed E-state index contributed by atoms with van der Waals surface area (Å²) in [5.41, 5.74) is 6.07. The number of likely N-dealkylation sites (N-methyl/N-ethyl adjacent to an activating group) is 1. The second kappa shape index (κ2) is 22.9. The second-order valence-electron chi connectivity index (χ2n) is 10.6. The fourth-order valence-corrected chi connectivity index (χ4v) is 4.66. The molecule has 14 nitrogen and oxygen atoms in total. The molecule has 2 unspecified atom stereocenters. The molecule has 0 bridgehead atoms. The van der Waals surface area contributed by atoms with Crippen molar-refractivity contribution in [2.24, 2.45) is 22.3 Å². The molecule has 0 radical (unpaired) electrons. The molecule has 0 aromatic rings. The molecule has 0 saturated carbocycles. The van der Waals surface area contributed by atoms with Crippen molar-refractivity contribution in [3.63, 3.8) is 0 Å². The van der Waals surface area contributed by atoms with Gasteiger partial charge in [0.05, 0.1) is 19.8 Å². The Labute approximate surface area is 256 Å². The molecule has 0 saturated heterocycles. The van der Waals surface area contributed by atoms with Gasteiger partial charge in [-0.05, 0) is 19.3 Å². The van der Waals surface area contributed by atoms with Crippen LogP contribution >= 0.6 is 7.75 Å². The zero-order chi connectivity index (χ0) is 32.8. The topological polar surface area (TPSA) is 175 Å². The first-order valence-corrected chi connectivity index (χ1v) is 16.6. The predicted octanol–water partition coefficient (Wildman–Crippen LogP) is 6.37. The van der Waals surface area contributed by atoms with Crippen LogP contribution in [0.4, 0.5) is 9.59 Å². The van der Waals surface area contributed by atoms with Crippen LogP contribution in [0.1, 0.15) is 99.8 Å². The van der Waals surface area contributed by atoms with Gasteiger partial charge in [-0.25, -0.2) is 23.2 Å². The summed E-state index contributed by atoms with van der Waals surface area (Å²) in [4.78, 5) is 38.0. The Morgan fingerprint density at radius 2 is 1.14 bits per heavy atom. The molecule has 0 aromatic carbocycles. The predicted molar refractivity (Wildman–Crippen MR) is 161 cm³/mol. The average molecular weight is 640 g/mol. The Kier molecular flexibility index (Phi) is 21.5. The Morgan fingerprint density at radius 1 is 0.721 bits per heavy atom. The Morgan fingerprint density at radius 3 is 1.53 bits per heavy atom. The third-order valence-corrected chi connectivity index (χ3v) is 7.06. The average Bonchev–Trinajstić information content (AvgIpc) is 2.92. The lowest BCUT2D eigenvalue weighted by Gasteiger charge is -2.28. The van der Waals surface area contributed by atoms with E-state index in [1.165, 1.54) is 11.9 Å². The van der Waals surface area contributed by atoms with Gasteiger partial charge in [-0.15, -0.1) is 4.76 Å². The molecule has 0 amide bonds. The van der Waals surface area contributed by atoms with Gasteiger partial charge in [0.1, 0.15) is 6.54 Å². The van der Waals surface area contributed by atoms with Crippen molar-refractivity contribution < 1.29 is 51.7 Å². The van der Waals surface area contributed by atoms with Crippen LogP contribution in [0.3, 0.4) is 0 Å². The second-order valence-corrected chi connectivity index (χ2v) is 12.2. The van der Waals surface area contributed by atoms with E-state index in [1.807, 2.05) is 20.8 Å². The molecule has 0 aliphatic rings. The third kappa shape index (κ3) is 19.4. The number of hydrogen-bond acceptors (Lipinski definition) is 11. The summed E-state index contributed by atoms with van der Waals surface area (Å²) in [6.45, 7) is 12.8. The van der Waals surface area contributed by atoms with Crippen molar-refractivity contribution in [1.29, 1.82) is 0 Å². The zero-order valence-corrected chi connectivity index (χ0v) is 28.1. The van der Waals surface area contributed by atoms with Crippen molar-refractivity contribution in [2.45, 2.75) is 112 Å². The number of unbranched alkanes of at least 4 members (excludes halogenated alkanes) is 5. The third-order valence-electron chi connectivity index (χ3n) is 5.67. The number of rotatable bonds is 22. The molecule has 0 aliphatic heterocycles. The van der Waals surface area contributed by atoms with E-state index in [0.717, 1.165) is 32.1 Å². The number of carbonyl (C=O) groups is 3. The molecule has 0 fully saturated rings. The minimum absolute atomic E-state index is 0.138. The summed E-state index contributed by atoms with van der Waals surface area (Å²) < 4.78 is 55.2. The maximum atomic E-state index is 14.1. The lowest BCUT2D eigenvalue weighted by atomic mass is 10.2. The number of hydrogen-bond donors (Lipinski definition) is 1. The fraction of sp³-hybridized carbons (Fsp3) is 0.857. The molecule has 0 aliphatic carbocycles. The Hall–Kier alpha value is -2.57. The largest absolute Gasteiger partial charge is 0.510 e. The first-order chi connectivity index (χ1) is 20.3. The molecule has 43 heavy (non-hydrogen) atoms. The smallest absolute Gasteiger partial charge is 0.464 e. The van der Waals surface area contributed by atoms with Crippen molar-refractivity contribution >= 4 is 32.0 Å². The molecule has 0 heterocycles. The van der Waals surface area contributed by atoms with Crippen LogP contribution in [0.5, 0.6) is 0 Å². The first-order valence-electron chi connectivity index (χ1n) is 15.1. The lowest BCUT2D eigenvalue weighted by molar-refractivity contribution is -0.144. The van der Waals surface area contributed by atoms with Gasteiger partial charge < -0.3 is 34.3 Å². The van der Waals surface area contributed by atoms with Gasteiger partial charge in [-0.3, -0.25) is 4.79 Å². The number of esters is 1. The number of guanidine groups is 1. The van der Waals surface area contributed by atoms with Crippen LogP contribution in [-0.2, 0) is 42.1 Å². The minimum atomic E-state index is -4.70. The van der Waals surface area contributed by atoms with Crippen molar-refractivity contribution in [1.82, 2.24) is 4.90 Å². The van der Waals surface area contributed by atoms with E-state index in [0.29, 0.717) is 19.3 Å². The number of carbonyl (C=O) groups excluding carboxylic acids is 3. The van der Waals surface area contributed by atoms with Gasteiger partial charge in [0.25, 0.3) is 0 Å². The van der Waals surface area contributed by atoms with Gasteiger partial charge in [0.2, 0.25) is 18.5 Å². The van der Waals surface area contributed by atoms with E-state index in [9.17, 15) is 18.9 Å². The quantitative estimate of drug-likeness (QED) is 0.0263. The van der Waals surface area contributed by atoms with Crippen LogP contribution in [0.25, 0.3) is 0 Å². The summed E-state index contributed by atoms with van der Waals surface area (Å²) >= 11 is 0. The van der Waals surface area contributed by atoms with Gasteiger partial charge in [0, 0.05) is 18.9 Å². The Balaban J connectivity index is 5.99. The van der Waals surface area contributed by atoms with Crippen LogP contribution in [0.15, 0.2) is 4.76 Å². The first kappa shape index (κ1) is 40.4. The SMILES string of the molecule is CCCCCOC(=O)OC(OP(=O)(/N=C(\N)N(C)CC(=O)OCCCC)OC(OC(=O)OCCCCC)C(C)C)C(C)C. The van der Waals surface area contributed by atoms with E-state index in [4.69, 9.17) is 38.5 Å². The Bertz CT molecular complexity index is 842. The molecule has 0 spiro atoms. The summed E-state index contributed by atoms with van der Waals surface area (Å²) in [6.07, 6.45) is 1.50. The molecular formula is C28H54N3O11P. The van der Waals surface area contributed by atoms with E-state index in [1.54, 1.807) is 27.7 Å². The monoisotopic (exact) mass is 639 g/mol. The molecule has 2 atom stereocenters. The summed E-state index contributed by atoms with van der Waals surface area (Å²) in [5.74, 6) is -2.05. The summed E-state index contributed by atoms with van der Waals surface area (Å²) in [5, 5.41) is 0. The summed E-state index contributed by atoms with van der Waals surface area (Å²) in [6, 6.07) is 0. The lowest BCUT2D eigenvalue weighted by Crippen LogP contribution is -2.38. The van der Waals surface area contributed by atoms with Crippen LogP contribution < -0.4 is 5.73 Å². The van der Waals surface area contributed by atoms with Gasteiger partial charge in [0.15, 0.2) is 0 Å². The van der Waals surface area contributed by atoms with Crippen molar-refractivity contribution in [3.8, 4) is 0 Å². The highest BCUT2D eigenvalue weighted by Crippen LogP contribution is 2.54. The molecule has 0 aromatic heterocycles. The number of ether oxygens (including phenoxy) is 5. The molecule has 0 rings (SSSR count). The van der Waals surface area contributed by atoms with Crippen LogP contribution in [-0.4, -0.2) is 75.1 Å². The highest BCUT2D eigenvalue weighted by Gasteiger charge is 2.39. The maximum Gasteiger partial charge on any atom is 0.510 e. The molecular weight excluding hydrogens is 585 g/mol. The van der Waals surface area contributed by atoms with Gasteiger partial charge in [-0.2, -0.15) is 0 Å². The molecule has 252 valence electrons. The normalized spacial score (nSPS) is 14.5. The van der Waals surface area contributed by atoms with Crippen LogP contribution in [0, 0.1) is 11.8 Å². The van der Waals surface area contributed by atoms with E-state index >= 15 is 0 Å². The molecule has 2 N–H and O–H groups in total. The van der Waals surface area contributed by atoms with E-state index in [-0.39, 0.29) is 26.4 Å². The van der Waals surface area contributed by atoms with Crippen molar-refractivity contribution in [2.75, 3.05) is 33.4 Å². The summed E-state index contributed by atoms with van der Waals surface area (Å²) in [7, 11) is -3.27. The minimum Gasteiger partial charge on any atom is -0.464 e. The van der Waals surface area contributed by atoms with Crippen molar-refractivity contribution in [3.05, 3.63) is 0 Å². The number of nitrogens with zero attached hydrogens (tertiary/aromatic N) is 2. The van der Waals surface area contributed by atoms with Crippen LogP contribution in [0.2, 0.25) is 0 Å². The van der Waals surface area contributed by atoms with Gasteiger partial charge in [-0.1, -0.05) is 80.6 Å². The fourth-order valence-electron chi connectivity index (χ4n) is 3.02. The van der Waals surface area contributed by atoms with Gasteiger partial charge >= 0.3 is 26.0 Å². The highest BCUT2D eigenvalue weighted by molar-refractivity contribution is 7.52. The van der Waals surface area contributed by atoms with E-state index in [2.05, 4.69) is 4.76 Å². The molecule has 15 heteroatoms. The maximum absolute atomic E-state index is 14.1. The standard InChI is InChI=1S/C28H54N3O11P/c1-9-12-15-18-37-27(33)39-24(21(4)5)41-43(35,30-26(29)31(8)20-23(32)36-17-14-11-3)42-25(22(6)7)40-28(34)38-19-16-13-10-2/h21-22,24-25H,9-20H2,1-8H3,(H2,29,30,35). The highest BCUT2D eigenvalue weighted by atomic mass is 31.2. The zero-order valence-electron chi connectivity index (χ0n) is 27.2. The number of nitrogens with two attached hydrogens (primary N) is 1.